The highest BCUT2D eigenvalue weighted by molar-refractivity contribution is 5.90. The molecule has 1 aromatic carbocycles. The highest BCUT2D eigenvalue weighted by Gasteiger charge is 2.57. The second-order valence-corrected chi connectivity index (χ2v) is 8.82. The van der Waals surface area contributed by atoms with Gasteiger partial charge in [0.15, 0.2) is 0 Å². The van der Waals surface area contributed by atoms with Crippen LogP contribution in [0.1, 0.15) is 57.8 Å². The number of hydrogen-bond donors (Lipinski definition) is 1. The Morgan fingerprint density at radius 1 is 1.15 bits per heavy atom. The molecule has 27 heavy (non-hydrogen) atoms. The lowest BCUT2D eigenvalue weighted by atomic mass is 9.62. The zero-order valence-corrected chi connectivity index (χ0v) is 16.4. The Morgan fingerprint density at radius 2 is 1.85 bits per heavy atom. The van der Waals surface area contributed by atoms with Gasteiger partial charge in [0.25, 0.3) is 0 Å². The van der Waals surface area contributed by atoms with Gasteiger partial charge in [0.05, 0.1) is 23.6 Å². The third-order valence-electron chi connectivity index (χ3n) is 6.01. The second-order valence-electron chi connectivity index (χ2n) is 8.82. The van der Waals surface area contributed by atoms with E-state index in [-0.39, 0.29) is 17.0 Å². The van der Waals surface area contributed by atoms with Gasteiger partial charge >= 0.3 is 6.03 Å². The van der Waals surface area contributed by atoms with Crippen LogP contribution < -0.4 is 5.32 Å². The van der Waals surface area contributed by atoms with Gasteiger partial charge in [-0.1, -0.05) is 63.9 Å². The Bertz CT molecular complexity index is 812. The monoisotopic (exact) mass is 364 g/mol. The average molecular weight is 364 g/mol. The maximum Gasteiger partial charge on any atom is 0.322 e. The Kier molecular flexibility index (Phi) is 4.41. The van der Waals surface area contributed by atoms with Crippen molar-refractivity contribution in [1.82, 2.24) is 14.9 Å². The molecule has 2 atom stereocenters. The van der Waals surface area contributed by atoms with Gasteiger partial charge in [-0.2, -0.15) is 0 Å². The fourth-order valence-electron chi connectivity index (χ4n) is 4.59. The Labute approximate surface area is 161 Å². The number of carbonyl (C=O) groups is 1. The third kappa shape index (κ3) is 3.09. The predicted octanol–water partition coefficient (Wildman–Crippen LogP) is 4.71. The van der Waals surface area contributed by atoms with E-state index in [1.807, 2.05) is 11.0 Å². The van der Waals surface area contributed by atoms with Crippen LogP contribution in [0.5, 0.6) is 0 Å². The molecule has 4 rings (SSSR count). The van der Waals surface area contributed by atoms with E-state index in [1.54, 1.807) is 12.4 Å². The largest absolute Gasteiger partial charge is 0.322 e. The van der Waals surface area contributed by atoms with Crippen LogP contribution in [-0.4, -0.2) is 27.4 Å². The SMILES string of the molecule is CC(C)(C)c1ncc(NC(=O)N2CC3CCCCC32c2ccccc2)cn1. The minimum absolute atomic E-state index is 0.0517. The molecule has 2 unspecified atom stereocenters. The number of hydrogen-bond acceptors (Lipinski definition) is 3. The van der Waals surface area contributed by atoms with Crippen LogP contribution in [0, 0.1) is 5.92 Å². The number of anilines is 1. The number of carbonyl (C=O) groups excluding carboxylic acids is 1. The van der Waals surface area contributed by atoms with Gasteiger partial charge in [0.1, 0.15) is 5.82 Å². The third-order valence-corrected chi connectivity index (χ3v) is 6.01. The summed E-state index contributed by atoms with van der Waals surface area (Å²) in [6.45, 7) is 7.05. The number of nitrogens with one attached hydrogen (secondary N) is 1. The number of nitrogens with zero attached hydrogens (tertiary/aromatic N) is 3. The quantitative estimate of drug-likeness (QED) is 0.840. The van der Waals surface area contributed by atoms with Gasteiger partial charge in [-0.05, 0) is 18.4 Å². The number of urea groups is 1. The van der Waals surface area contributed by atoms with Crippen LogP contribution in [-0.2, 0) is 11.0 Å². The lowest BCUT2D eigenvalue weighted by molar-refractivity contribution is -0.0756. The normalized spacial score (nSPS) is 24.7. The van der Waals surface area contributed by atoms with Gasteiger partial charge in [-0.15, -0.1) is 0 Å². The molecule has 2 aromatic rings. The summed E-state index contributed by atoms with van der Waals surface area (Å²) in [7, 11) is 0. The van der Waals surface area contributed by atoms with E-state index < -0.39 is 0 Å². The Hall–Kier alpha value is -2.43. The lowest BCUT2D eigenvalue weighted by Gasteiger charge is -2.61. The van der Waals surface area contributed by atoms with Crippen LogP contribution in [0.15, 0.2) is 42.7 Å². The van der Waals surface area contributed by atoms with Crippen LogP contribution in [0.4, 0.5) is 10.5 Å². The summed E-state index contributed by atoms with van der Waals surface area (Å²) >= 11 is 0. The van der Waals surface area contributed by atoms with Crippen molar-refractivity contribution >= 4 is 11.7 Å². The molecule has 2 fully saturated rings. The Balaban J connectivity index is 1.55. The molecule has 1 aromatic heterocycles. The maximum absolute atomic E-state index is 13.1. The van der Waals surface area contributed by atoms with Gasteiger partial charge in [0.2, 0.25) is 0 Å². The van der Waals surface area contributed by atoms with Gasteiger partial charge in [-0.3, -0.25) is 0 Å². The van der Waals surface area contributed by atoms with Crippen LogP contribution in [0.25, 0.3) is 0 Å². The lowest BCUT2D eigenvalue weighted by Crippen LogP contribution is -2.68. The van der Waals surface area contributed by atoms with Crippen molar-refractivity contribution < 1.29 is 4.79 Å². The molecule has 1 saturated heterocycles. The molecule has 2 heterocycles. The van der Waals surface area contributed by atoms with E-state index in [0.29, 0.717) is 11.6 Å². The number of benzene rings is 1. The van der Waals surface area contributed by atoms with E-state index in [4.69, 9.17) is 0 Å². The smallest absolute Gasteiger partial charge is 0.314 e. The molecular weight excluding hydrogens is 336 g/mol. The first kappa shape index (κ1) is 18.0. The van der Waals surface area contributed by atoms with Crippen molar-refractivity contribution in [2.45, 2.75) is 57.4 Å². The van der Waals surface area contributed by atoms with Crippen molar-refractivity contribution in [2.24, 2.45) is 5.92 Å². The zero-order valence-electron chi connectivity index (χ0n) is 16.4. The van der Waals surface area contributed by atoms with E-state index in [0.717, 1.165) is 18.8 Å². The van der Waals surface area contributed by atoms with Gasteiger partial charge in [-0.25, -0.2) is 14.8 Å². The minimum atomic E-state index is -0.157. The number of amides is 2. The summed E-state index contributed by atoms with van der Waals surface area (Å²) in [6, 6.07) is 10.5. The average Bonchev–Trinajstić information content (AvgIpc) is 2.63. The predicted molar refractivity (Wildman–Crippen MR) is 107 cm³/mol. The van der Waals surface area contributed by atoms with E-state index >= 15 is 0 Å². The highest BCUT2D eigenvalue weighted by atomic mass is 16.2. The maximum atomic E-state index is 13.1. The van der Waals surface area contributed by atoms with Crippen molar-refractivity contribution in [1.29, 1.82) is 0 Å². The fraction of sp³-hybridized carbons (Fsp3) is 0.500. The number of aromatic nitrogens is 2. The second kappa shape index (κ2) is 6.63. The molecule has 5 nitrogen and oxygen atoms in total. The van der Waals surface area contributed by atoms with Crippen molar-refractivity contribution in [3.8, 4) is 0 Å². The summed E-state index contributed by atoms with van der Waals surface area (Å²) in [5.41, 5.74) is 1.65. The molecule has 0 radical (unpaired) electrons. The van der Waals surface area contributed by atoms with Crippen molar-refractivity contribution in [3.63, 3.8) is 0 Å². The first-order valence-electron chi connectivity index (χ1n) is 9.88. The molecule has 0 spiro atoms. The molecule has 5 heteroatoms. The van der Waals surface area contributed by atoms with Gasteiger partial charge in [0, 0.05) is 17.9 Å². The molecule has 142 valence electrons. The molecule has 1 N–H and O–H groups in total. The van der Waals surface area contributed by atoms with E-state index in [2.05, 4.69) is 60.3 Å². The topological polar surface area (TPSA) is 58.1 Å². The van der Waals surface area contributed by atoms with Crippen LogP contribution >= 0.6 is 0 Å². The molecule has 2 amide bonds. The first-order valence-corrected chi connectivity index (χ1v) is 9.88. The summed E-state index contributed by atoms with van der Waals surface area (Å²) in [4.78, 5) is 23.9. The van der Waals surface area contributed by atoms with Gasteiger partial charge < -0.3 is 10.2 Å². The molecule has 2 aliphatic rings. The van der Waals surface area contributed by atoms with Crippen LogP contribution in [0.3, 0.4) is 0 Å². The van der Waals surface area contributed by atoms with Crippen LogP contribution in [0.2, 0.25) is 0 Å². The molecule has 0 bridgehead atoms. The summed E-state index contributed by atoms with van der Waals surface area (Å²) in [6.07, 6.45) is 8.07. The minimum Gasteiger partial charge on any atom is -0.314 e. The van der Waals surface area contributed by atoms with Crippen molar-refractivity contribution in [3.05, 3.63) is 54.1 Å². The number of fused-ring (bicyclic) bond motifs is 1. The first-order chi connectivity index (χ1) is 12.9. The number of likely N-dealkylation sites (tertiary alicyclic amines) is 1. The Morgan fingerprint density at radius 3 is 2.48 bits per heavy atom. The molecular formula is C22H28N4O. The molecule has 1 saturated carbocycles. The summed E-state index contributed by atoms with van der Waals surface area (Å²) in [5, 5.41) is 3.01. The molecule has 1 aliphatic heterocycles. The zero-order chi connectivity index (χ0) is 19.1. The summed E-state index contributed by atoms with van der Waals surface area (Å²) in [5.74, 6) is 1.33. The highest BCUT2D eigenvalue weighted by Crippen LogP contribution is 2.53. The standard InChI is InChI=1S/C22H28N4O/c1-21(2,3)19-23-13-18(14-24-19)25-20(27)26-15-17-11-7-8-12-22(17,26)16-9-5-4-6-10-16/h4-6,9-10,13-14,17H,7-8,11-12,15H2,1-3H3,(H,25,27). The fourth-order valence-corrected chi connectivity index (χ4v) is 4.59. The van der Waals surface area contributed by atoms with Crippen molar-refractivity contribution in [2.75, 3.05) is 11.9 Å². The number of rotatable bonds is 2. The summed E-state index contributed by atoms with van der Waals surface area (Å²) < 4.78 is 0. The van der Waals surface area contributed by atoms with E-state index in [9.17, 15) is 4.79 Å². The van der Waals surface area contributed by atoms with E-state index in [1.165, 1.54) is 24.8 Å². The molecule has 1 aliphatic carbocycles.